The van der Waals surface area contributed by atoms with Crippen LogP contribution in [-0.2, 0) is 4.79 Å². The lowest BCUT2D eigenvalue weighted by Gasteiger charge is -2.07. The maximum absolute atomic E-state index is 10.7. The van der Waals surface area contributed by atoms with E-state index in [4.69, 9.17) is 5.11 Å². The van der Waals surface area contributed by atoms with E-state index in [0.29, 0.717) is 12.3 Å². The highest BCUT2D eigenvalue weighted by atomic mass is 16.4. The van der Waals surface area contributed by atoms with E-state index in [0.717, 1.165) is 6.54 Å². The van der Waals surface area contributed by atoms with Crippen molar-refractivity contribution in [2.45, 2.75) is 18.4 Å². The van der Waals surface area contributed by atoms with Crippen LogP contribution in [0.4, 0.5) is 0 Å². The first kappa shape index (κ1) is 9.21. The Balaban J connectivity index is 2.06. The molecule has 1 aliphatic heterocycles. The van der Waals surface area contributed by atoms with Crippen molar-refractivity contribution in [3.05, 3.63) is 35.9 Å². The van der Waals surface area contributed by atoms with Crippen LogP contribution in [-0.4, -0.2) is 23.7 Å². The summed E-state index contributed by atoms with van der Waals surface area (Å²) in [5.41, 5.74) is 1.23. The fourth-order valence-electron chi connectivity index (χ4n) is 1.90. The van der Waals surface area contributed by atoms with E-state index in [2.05, 4.69) is 17.4 Å². The Labute approximate surface area is 82.8 Å². The van der Waals surface area contributed by atoms with E-state index in [1.54, 1.807) is 0 Å². The zero-order chi connectivity index (χ0) is 9.97. The number of rotatable bonds is 2. The van der Waals surface area contributed by atoms with Crippen LogP contribution in [0.25, 0.3) is 0 Å². The smallest absolute Gasteiger partial charge is 0.320 e. The number of hydrogen-bond donors (Lipinski definition) is 2. The predicted octanol–water partition coefficient (Wildman–Crippen LogP) is 1.22. The topological polar surface area (TPSA) is 49.3 Å². The van der Waals surface area contributed by atoms with Crippen molar-refractivity contribution < 1.29 is 9.90 Å². The first-order valence-corrected chi connectivity index (χ1v) is 4.78. The number of nitrogens with one attached hydrogen (secondary N) is 1. The minimum absolute atomic E-state index is 0.345. The Morgan fingerprint density at radius 2 is 2.07 bits per heavy atom. The molecule has 0 aromatic heterocycles. The maximum Gasteiger partial charge on any atom is 0.320 e. The van der Waals surface area contributed by atoms with E-state index >= 15 is 0 Å². The fourth-order valence-corrected chi connectivity index (χ4v) is 1.90. The van der Waals surface area contributed by atoms with Gasteiger partial charge in [0.1, 0.15) is 6.04 Å². The Morgan fingerprint density at radius 1 is 1.36 bits per heavy atom. The number of carboxylic acid groups (broad SMARTS) is 1. The summed E-state index contributed by atoms with van der Waals surface area (Å²) in [6.45, 7) is 0.765. The molecule has 1 saturated heterocycles. The summed E-state index contributed by atoms with van der Waals surface area (Å²) in [7, 11) is 0. The van der Waals surface area contributed by atoms with Gasteiger partial charge in [0.15, 0.2) is 0 Å². The van der Waals surface area contributed by atoms with Crippen molar-refractivity contribution >= 4 is 5.97 Å². The Kier molecular flexibility index (Phi) is 2.50. The van der Waals surface area contributed by atoms with Gasteiger partial charge in [0, 0.05) is 6.54 Å². The Bertz CT molecular complexity index is 323. The first-order valence-electron chi connectivity index (χ1n) is 4.78. The summed E-state index contributed by atoms with van der Waals surface area (Å²) in [6.07, 6.45) is 0.694. The highest BCUT2D eigenvalue weighted by Crippen LogP contribution is 2.25. The minimum atomic E-state index is -0.747. The molecule has 1 aromatic carbocycles. The second-order valence-electron chi connectivity index (χ2n) is 3.64. The third kappa shape index (κ3) is 1.77. The van der Waals surface area contributed by atoms with E-state index in [1.165, 1.54) is 5.56 Å². The summed E-state index contributed by atoms with van der Waals surface area (Å²) in [5, 5.41) is 11.8. The molecule has 14 heavy (non-hydrogen) atoms. The molecule has 1 heterocycles. The van der Waals surface area contributed by atoms with E-state index < -0.39 is 5.97 Å². The molecule has 2 rings (SSSR count). The summed E-state index contributed by atoms with van der Waals surface area (Å²) in [4.78, 5) is 10.7. The molecule has 0 aliphatic carbocycles. The van der Waals surface area contributed by atoms with Gasteiger partial charge in [-0.25, -0.2) is 0 Å². The molecule has 3 nitrogen and oxygen atoms in total. The number of carbonyl (C=O) groups is 1. The molecule has 0 unspecified atom stereocenters. The van der Waals surface area contributed by atoms with Crippen LogP contribution >= 0.6 is 0 Å². The van der Waals surface area contributed by atoms with E-state index in [9.17, 15) is 4.79 Å². The van der Waals surface area contributed by atoms with Crippen LogP contribution < -0.4 is 5.32 Å². The zero-order valence-electron chi connectivity index (χ0n) is 7.81. The van der Waals surface area contributed by atoms with E-state index in [-0.39, 0.29) is 6.04 Å². The SMILES string of the molecule is O=C(O)[C@@H]1C[C@H](c2ccccc2)CN1. The van der Waals surface area contributed by atoms with Crippen molar-refractivity contribution in [2.24, 2.45) is 0 Å². The van der Waals surface area contributed by atoms with Crippen molar-refractivity contribution in [3.63, 3.8) is 0 Å². The van der Waals surface area contributed by atoms with Crippen molar-refractivity contribution in [1.29, 1.82) is 0 Å². The van der Waals surface area contributed by atoms with Gasteiger partial charge in [-0.2, -0.15) is 0 Å². The maximum atomic E-state index is 10.7. The van der Waals surface area contributed by atoms with Gasteiger partial charge in [-0.3, -0.25) is 4.79 Å². The molecule has 0 radical (unpaired) electrons. The summed E-state index contributed by atoms with van der Waals surface area (Å²) in [6, 6.07) is 9.68. The molecule has 2 atom stereocenters. The summed E-state index contributed by atoms with van der Waals surface area (Å²) < 4.78 is 0. The van der Waals surface area contributed by atoms with Crippen LogP contribution in [0.1, 0.15) is 17.9 Å². The van der Waals surface area contributed by atoms with Crippen LogP contribution in [0.2, 0.25) is 0 Å². The van der Waals surface area contributed by atoms with Crippen molar-refractivity contribution in [2.75, 3.05) is 6.54 Å². The summed E-state index contributed by atoms with van der Waals surface area (Å²) >= 11 is 0. The monoisotopic (exact) mass is 191 g/mol. The van der Waals surface area contributed by atoms with Gasteiger partial charge in [0.2, 0.25) is 0 Å². The van der Waals surface area contributed by atoms with Crippen LogP contribution in [0, 0.1) is 0 Å². The molecular formula is C11H13NO2. The molecule has 1 aliphatic rings. The average molecular weight is 191 g/mol. The highest BCUT2D eigenvalue weighted by Gasteiger charge is 2.29. The fraction of sp³-hybridized carbons (Fsp3) is 0.364. The number of aliphatic carboxylic acids is 1. The van der Waals surface area contributed by atoms with Crippen LogP contribution in [0.3, 0.4) is 0 Å². The molecule has 0 bridgehead atoms. The summed E-state index contributed by atoms with van der Waals surface area (Å²) in [5.74, 6) is -0.402. The lowest BCUT2D eigenvalue weighted by Crippen LogP contribution is -2.29. The number of benzene rings is 1. The van der Waals surface area contributed by atoms with Crippen LogP contribution in [0.5, 0.6) is 0 Å². The number of hydrogen-bond acceptors (Lipinski definition) is 2. The largest absolute Gasteiger partial charge is 0.480 e. The van der Waals surface area contributed by atoms with E-state index in [1.807, 2.05) is 18.2 Å². The predicted molar refractivity (Wildman–Crippen MR) is 53.2 cm³/mol. The lowest BCUT2D eigenvalue weighted by molar-refractivity contribution is -0.139. The lowest BCUT2D eigenvalue weighted by atomic mass is 9.96. The van der Waals surface area contributed by atoms with Gasteiger partial charge in [-0.15, -0.1) is 0 Å². The molecule has 74 valence electrons. The normalized spacial score (nSPS) is 26.3. The number of carboxylic acids is 1. The molecule has 0 amide bonds. The minimum Gasteiger partial charge on any atom is -0.480 e. The van der Waals surface area contributed by atoms with Gasteiger partial charge < -0.3 is 10.4 Å². The van der Waals surface area contributed by atoms with Crippen molar-refractivity contribution in [3.8, 4) is 0 Å². The van der Waals surface area contributed by atoms with Gasteiger partial charge in [0.25, 0.3) is 0 Å². The molecule has 1 aromatic rings. The van der Waals surface area contributed by atoms with Gasteiger partial charge in [-0.1, -0.05) is 30.3 Å². The first-order chi connectivity index (χ1) is 6.77. The van der Waals surface area contributed by atoms with Gasteiger partial charge in [-0.05, 0) is 17.9 Å². The second-order valence-corrected chi connectivity index (χ2v) is 3.64. The van der Waals surface area contributed by atoms with Gasteiger partial charge in [0.05, 0.1) is 0 Å². The second kappa shape index (κ2) is 3.80. The third-order valence-electron chi connectivity index (χ3n) is 2.70. The zero-order valence-corrected chi connectivity index (χ0v) is 7.81. The Hall–Kier alpha value is -1.35. The van der Waals surface area contributed by atoms with Gasteiger partial charge >= 0.3 is 5.97 Å². The molecule has 0 spiro atoms. The highest BCUT2D eigenvalue weighted by molar-refractivity contribution is 5.74. The molecular weight excluding hydrogens is 178 g/mol. The molecule has 3 heteroatoms. The molecule has 0 saturated carbocycles. The Morgan fingerprint density at radius 3 is 2.64 bits per heavy atom. The van der Waals surface area contributed by atoms with Crippen molar-refractivity contribution in [1.82, 2.24) is 5.32 Å². The van der Waals surface area contributed by atoms with Crippen LogP contribution in [0.15, 0.2) is 30.3 Å². The standard InChI is InChI=1S/C11H13NO2/c13-11(14)10-6-9(7-12-10)8-4-2-1-3-5-8/h1-5,9-10,12H,6-7H2,(H,13,14)/t9-,10-/m0/s1. The quantitative estimate of drug-likeness (QED) is 0.738. The molecule has 2 N–H and O–H groups in total. The molecule has 1 fully saturated rings. The third-order valence-corrected chi connectivity index (χ3v) is 2.70. The average Bonchev–Trinajstić information content (AvgIpc) is 2.68.